The summed E-state index contributed by atoms with van der Waals surface area (Å²) in [4.78, 5) is 12.7. The first kappa shape index (κ1) is 11.1. The van der Waals surface area contributed by atoms with E-state index in [1.807, 2.05) is 11.9 Å². The molecule has 0 radical (unpaired) electrons. The van der Waals surface area contributed by atoms with E-state index in [9.17, 15) is 9.18 Å². The molecule has 0 heterocycles. The molecule has 1 aromatic rings. The first-order chi connectivity index (χ1) is 7.58. The Morgan fingerprint density at radius 2 is 2.12 bits per heavy atom. The summed E-state index contributed by atoms with van der Waals surface area (Å²) in [5.41, 5.74) is 1.000. The Balaban J connectivity index is 1.91. The number of halogens is 1. The van der Waals surface area contributed by atoms with Crippen LogP contribution in [-0.2, 0) is 11.3 Å². The van der Waals surface area contributed by atoms with Crippen LogP contribution in [0.2, 0.25) is 0 Å². The zero-order valence-corrected chi connectivity index (χ0v) is 9.06. The fourth-order valence-electron chi connectivity index (χ4n) is 1.93. The van der Waals surface area contributed by atoms with E-state index in [1.54, 1.807) is 12.1 Å². The van der Waals surface area contributed by atoms with Crippen molar-refractivity contribution in [3.05, 3.63) is 35.6 Å². The van der Waals surface area contributed by atoms with Crippen LogP contribution in [0.15, 0.2) is 24.3 Å². The van der Waals surface area contributed by atoms with Crippen molar-refractivity contribution in [3.8, 4) is 0 Å². The largest absolute Gasteiger partial charge is 0.481 e. The van der Waals surface area contributed by atoms with Crippen molar-refractivity contribution >= 4 is 5.97 Å². The van der Waals surface area contributed by atoms with Gasteiger partial charge in [0.25, 0.3) is 0 Å². The standard InChI is InChI=1S/C12H14FNO2/c1-14(11-6-10(11)12(15)16)7-8-2-4-9(13)5-3-8/h2-5,10-11H,6-7H2,1H3,(H,15,16). The maximum Gasteiger partial charge on any atom is 0.308 e. The summed E-state index contributed by atoms with van der Waals surface area (Å²) >= 11 is 0. The molecule has 0 aromatic heterocycles. The van der Waals surface area contributed by atoms with Crippen molar-refractivity contribution in [1.29, 1.82) is 0 Å². The number of aliphatic carboxylic acids is 1. The number of benzene rings is 1. The van der Waals surface area contributed by atoms with Gasteiger partial charge in [0.1, 0.15) is 5.82 Å². The van der Waals surface area contributed by atoms with Crippen molar-refractivity contribution in [2.24, 2.45) is 5.92 Å². The maximum absolute atomic E-state index is 12.7. The van der Waals surface area contributed by atoms with Crippen LogP contribution < -0.4 is 0 Å². The molecule has 2 atom stereocenters. The number of carbonyl (C=O) groups is 1. The predicted octanol–water partition coefficient (Wildman–Crippen LogP) is 1.73. The molecule has 3 nitrogen and oxygen atoms in total. The molecule has 4 heteroatoms. The Labute approximate surface area is 93.5 Å². The minimum atomic E-state index is -0.726. The number of nitrogens with zero attached hydrogens (tertiary/aromatic N) is 1. The van der Waals surface area contributed by atoms with E-state index in [0.29, 0.717) is 13.0 Å². The SMILES string of the molecule is CN(Cc1ccc(F)cc1)C1CC1C(=O)O. The van der Waals surface area contributed by atoms with Gasteiger partial charge in [-0.05, 0) is 31.2 Å². The van der Waals surface area contributed by atoms with Crippen LogP contribution in [0.5, 0.6) is 0 Å². The van der Waals surface area contributed by atoms with Gasteiger partial charge in [-0.3, -0.25) is 9.69 Å². The molecule has 1 aliphatic carbocycles. The van der Waals surface area contributed by atoms with Gasteiger partial charge in [-0.2, -0.15) is 0 Å². The van der Waals surface area contributed by atoms with Crippen molar-refractivity contribution in [1.82, 2.24) is 4.90 Å². The molecule has 1 aliphatic rings. The Bertz CT molecular complexity index is 391. The zero-order chi connectivity index (χ0) is 11.7. The van der Waals surface area contributed by atoms with Crippen molar-refractivity contribution in [2.45, 2.75) is 19.0 Å². The predicted molar refractivity (Wildman–Crippen MR) is 57.4 cm³/mol. The van der Waals surface area contributed by atoms with Gasteiger partial charge < -0.3 is 5.11 Å². The van der Waals surface area contributed by atoms with Gasteiger partial charge >= 0.3 is 5.97 Å². The Morgan fingerprint density at radius 3 is 2.62 bits per heavy atom. The smallest absolute Gasteiger partial charge is 0.308 e. The monoisotopic (exact) mass is 223 g/mol. The molecule has 1 saturated carbocycles. The summed E-state index contributed by atoms with van der Waals surface area (Å²) < 4.78 is 12.7. The van der Waals surface area contributed by atoms with Crippen LogP contribution in [0, 0.1) is 11.7 Å². The molecule has 86 valence electrons. The van der Waals surface area contributed by atoms with Crippen molar-refractivity contribution < 1.29 is 14.3 Å². The van der Waals surface area contributed by atoms with Gasteiger partial charge in [-0.15, -0.1) is 0 Å². The summed E-state index contributed by atoms with van der Waals surface area (Å²) in [6, 6.07) is 6.42. The van der Waals surface area contributed by atoms with E-state index in [4.69, 9.17) is 5.11 Å². The van der Waals surface area contributed by atoms with Gasteiger partial charge in [0.05, 0.1) is 5.92 Å². The molecule has 1 aromatic carbocycles. The summed E-state index contributed by atoms with van der Waals surface area (Å²) in [5, 5.41) is 8.80. The highest BCUT2D eigenvalue weighted by atomic mass is 19.1. The highest BCUT2D eigenvalue weighted by Crippen LogP contribution is 2.35. The Hall–Kier alpha value is -1.42. The van der Waals surface area contributed by atoms with Crippen molar-refractivity contribution in [2.75, 3.05) is 7.05 Å². The second kappa shape index (κ2) is 4.22. The molecular weight excluding hydrogens is 209 g/mol. The molecule has 0 amide bonds. The van der Waals surface area contributed by atoms with Crippen LogP contribution in [0.25, 0.3) is 0 Å². The zero-order valence-electron chi connectivity index (χ0n) is 9.06. The van der Waals surface area contributed by atoms with Gasteiger partial charge in [0, 0.05) is 12.6 Å². The quantitative estimate of drug-likeness (QED) is 0.845. The van der Waals surface area contributed by atoms with E-state index >= 15 is 0 Å². The van der Waals surface area contributed by atoms with E-state index < -0.39 is 5.97 Å². The van der Waals surface area contributed by atoms with Crippen LogP contribution in [0.1, 0.15) is 12.0 Å². The number of hydrogen-bond acceptors (Lipinski definition) is 2. The Kier molecular flexibility index (Phi) is 2.92. The van der Waals surface area contributed by atoms with E-state index in [0.717, 1.165) is 5.56 Å². The second-order valence-corrected chi connectivity index (χ2v) is 4.29. The van der Waals surface area contributed by atoms with Gasteiger partial charge in [-0.1, -0.05) is 12.1 Å². The molecular formula is C12H14FNO2. The highest BCUT2D eigenvalue weighted by molar-refractivity contribution is 5.74. The average Bonchev–Trinajstić information content (AvgIpc) is 3.01. The average molecular weight is 223 g/mol. The topological polar surface area (TPSA) is 40.5 Å². The molecule has 0 spiro atoms. The van der Waals surface area contributed by atoms with Crippen molar-refractivity contribution in [3.63, 3.8) is 0 Å². The van der Waals surface area contributed by atoms with E-state index in [1.165, 1.54) is 12.1 Å². The molecule has 0 bridgehead atoms. The Morgan fingerprint density at radius 1 is 1.50 bits per heavy atom. The summed E-state index contributed by atoms with van der Waals surface area (Å²) in [7, 11) is 1.90. The van der Waals surface area contributed by atoms with Crippen LogP contribution in [-0.4, -0.2) is 29.1 Å². The molecule has 0 aliphatic heterocycles. The van der Waals surface area contributed by atoms with Crippen LogP contribution in [0.4, 0.5) is 4.39 Å². The summed E-state index contributed by atoms with van der Waals surface area (Å²) in [6.45, 7) is 0.661. The summed E-state index contributed by atoms with van der Waals surface area (Å²) in [5.74, 6) is -1.21. The first-order valence-corrected chi connectivity index (χ1v) is 5.25. The molecule has 1 fully saturated rings. The normalized spacial score (nSPS) is 23.4. The number of carboxylic acid groups (broad SMARTS) is 1. The molecule has 16 heavy (non-hydrogen) atoms. The molecule has 2 unspecified atom stereocenters. The number of carboxylic acids is 1. The molecule has 1 N–H and O–H groups in total. The second-order valence-electron chi connectivity index (χ2n) is 4.29. The van der Waals surface area contributed by atoms with Gasteiger partial charge in [0.15, 0.2) is 0 Å². The lowest BCUT2D eigenvalue weighted by molar-refractivity contribution is -0.138. The lowest BCUT2D eigenvalue weighted by Gasteiger charge is -2.16. The van der Waals surface area contributed by atoms with Crippen LogP contribution in [0.3, 0.4) is 0 Å². The minimum absolute atomic E-state index is 0.127. The van der Waals surface area contributed by atoms with E-state index in [2.05, 4.69) is 0 Å². The lowest BCUT2D eigenvalue weighted by atomic mass is 10.2. The highest BCUT2D eigenvalue weighted by Gasteiger charge is 2.45. The van der Waals surface area contributed by atoms with Crippen LogP contribution >= 0.6 is 0 Å². The third kappa shape index (κ3) is 2.39. The number of rotatable bonds is 4. The van der Waals surface area contributed by atoms with Gasteiger partial charge in [-0.25, -0.2) is 4.39 Å². The fourth-order valence-corrected chi connectivity index (χ4v) is 1.93. The molecule has 2 rings (SSSR count). The lowest BCUT2D eigenvalue weighted by Crippen LogP contribution is -2.23. The van der Waals surface area contributed by atoms with Gasteiger partial charge in [0.2, 0.25) is 0 Å². The van der Waals surface area contributed by atoms with E-state index in [-0.39, 0.29) is 17.8 Å². The fraction of sp³-hybridized carbons (Fsp3) is 0.417. The number of hydrogen-bond donors (Lipinski definition) is 1. The maximum atomic E-state index is 12.7. The molecule has 0 saturated heterocycles. The minimum Gasteiger partial charge on any atom is -0.481 e. The third-order valence-corrected chi connectivity index (χ3v) is 2.99. The third-order valence-electron chi connectivity index (χ3n) is 2.99. The summed E-state index contributed by atoms with van der Waals surface area (Å²) in [6.07, 6.45) is 0.715. The first-order valence-electron chi connectivity index (χ1n) is 5.25.